The number of fused-ring (bicyclic) bond motifs is 1. The minimum Gasteiger partial charge on any atom is -0.508 e. The molecule has 0 aliphatic carbocycles. The highest BCUT2D eigenvalue weighted by atomic mass is 16.5. The molecule has 2 unspecified atom stereocenters. The van der Waals surface area contributed by atoms with Gasteiger partial charge in [0.15, 0.2) is 11.5 Å². The van der Waals surface area contributed by atoms with E-state index in [-0.39, 0.29) is 29.8 Å². The minimum absolute atomic E-state index is 0.157. The summed E-state index contributed by atoms with van der Waals surface area (Å²) in [7, 11) is 0. The summed E-state index contributed by atoms with van der Waals surface area (Å²) in [4.78, 5) is 0. The molecule has 0 spiro atoms. The predicted molar refractivity (Wildman–Crippen MR) is 75.8 cm³/mol. The normalized spacial score (nSPS) is 20.7. The minimum atomic E-state index is -0.857. The van der Waals surface area contributed by atoms with Gasteiger partial charge in [-0.3, -0.25) is 0 Å². The van der Waals surface area contributed by atoms with Gasteiger partial charge < -0.3 is 25.2 Å². The molecule has 0 saturated heterocycles. The summed E-state index contributed by atoms with van der Waals surface area (Å²) in [5, 5.41) is 39.4. The Balaban J connectivity index is 2.04. The van der Waals surface area contributed by atoms with Crippen molar-refractivity contribution in [1.29, 1.82) is 0 Å². The molecule has 21 heavy (non-hydrogen) atoms. The molecule has 0 saturated carbocycles. The summed E-state index contributed by atoms with van der Waals surface area (Å²) >= 11 is 0. The van der Waals surface area contributed by atoms with Gasteiger partial charge in [-0.1, -0.05) is 12.1 Å². The van der Waals surface area contributed by atoms with Crippen LogP contribution in [-0.2, 0) is 0 Å². The molecule has 5 heteroatoms. The third-order valence-electron chi connectivity index (χ3n) is 3.95. The molecule has 1 aliphatic rings. The van der Waals surface area contributed by atoms with Gasteiger partial charge >= 0.3 is 0 Å². The van der Waals surface area contributed by atoms with Gasteiger partial charge in [-0.2, -0.15) is 0 Å². The first-order valence-electron chi connectivity index (χ1n) is 6.64. The largest absolute Gasteiger partial charge is 0.508 e. The van der Waals surface area contributed by atoms with Crippen molar-refractivity contribution < 1.29 is 25.2 Å². The Morgan fingerprint density at radius 1 is 1.10 bits per heavy atom. The summed E-state index contributed by atoms with van der Waals surface area (Å²) in [5.74, 6) is -0.278. The molecule has 3 rings (SSSR count). The number of phenolic OH excluding ortho intramolecular Hbond substituents is 3. The quantitative estimate of drug-likeness (QED) is 0.605. The molecule has 0 bridgehead atoms. The maximum absolute atomic E-state index is 10.6. The van der Waals surface area contributed by atoms with Crippen LogP contribution in [0.2, 0.25) is 0 Å². The fraction of sp³-hybridized carbons (Fsp3) is 0.250. The highest BCUT2D eigenvalue weighted by Gasteiger charge is 2.33. The molecule has 0 radical (unpaired) electrons. The van der Waals surface area contributed by atoms with Gasteiger partial charge in [-0.15, -0.1) is 0 Å². The molecule has 1 aliphatic heterocycles. The van der Waals surface area contributed by atoms with Crippen molar-refractivity contribution in [2.45, 2.75) is 18.9 Å². The Morgan fingerprint density at radius 3 is 2.43 bits per heavy atom. The van der Waals surface area contributed by atoms with Crippen molar-refractivity contribution in [1.82, 2.24) is 0 Å². The first kappa shape index (κ1) is 13.6. The predicted octanol–water partition coefficient (Wildman–Crippen LogP) is 2.32. The highest BCUT2D eigenvalue weighted by molar-refractivity contribution is 5.57. The van der Waals surface area contributed by atoms with Crippen LogP contribution in [0.1, 0.15) is 28.7 Å². The summed E-state index contributed by atoms with van der Waals surface area (Å²) in [6, 6.07) is 7.88. The number of aliphatic hydroxyl groups is 1. The molecular formula is C16H16O5. The van der Waals surface area contributed by atoms with E-state index in [0.29, 0.717) is 16.9 Å². The summed E-state index contributed by atoms with van der Waals surface area (Å²) in [6.07, 6.45) is -0.857. The maximum Gasteiger partial charge on any atom is 0.161 e. The van der Waals surface area contributed by atoms with Crippen LogP contribution >= 0.6 is 0 Å². The van der Waals surface area contributed by atoms with Crippen molar-refractivity contribution in [3.05, 3.63) is 47.0 Å². The zero-order valence-corrected chi connectivity index (χ0v) is 11.4. The molecule has 2 aromatic rings. The van der Waals surface area contributed by atoms with Crippen molar-refractivity contribution in [3.63, 3.8) is 0 Å². The standard InChI is InChI=1S/C16H16O5/c1-8-14-13(6-12(18)15(8)19)21-7-11(16(14)20)9-2-4-10(17)5-3-9/h2-6,11,16-20H,7H2,1H3. The van der Waals surface area contributed by atoms with E-state index >= 15 is 0 Å². The Morgan fingerprint density at radius 2 is 1.76 bits per heavy atom. The van der Waals surface area contributed by atoms with E-state index in [1.165, 1.54) is 6.07 Å². The lowest BCUT2D eigenvalue weighted by Crippen LogP contribution is -2.25. The number of hydrogen-bond acceptors (Lipinski definition) is 5. The lowest BCUT2D eigenvalue weighted by molar-refractivity contribution is 0.0875. The van der Waals surface area contributed by atoms with E-state index < -0.39 is 6.10 Å². The van der Waals surface area contributed by atoms with Crippen LogP contribution in [0.5, 0.6) is 23.0 Å². The first-order chi connectivity index (χ1) is 9.99. The van der Waals surface area contributed by atoms with Crippen molar-refractivity contribution in [3.8, 4) is 23.0 Å². The molecule has 1 heterocycles. The molecule has 0 aromatic heterocycles. The van der Waals surface area contributed by atoms with Crippen LogP contribution in [0.4, 0.5) is 0 Å². The summed E-state index contributed by atoms with van der Waals surface area (Å²) in [6.45, 7) is 1.88. The fourth-order valence-electron chi connectivity index (χ4n) is 2.73. The number of aromatic hydroxyl groups is 3. The van der Waals surface area contributed by atoms with Crippen molar-refractivity contribution in [2.75, 3.05) is 6.61 Å². The monoisotopic (exact) mass is 288 g/mol. The van der Waals surface area contributed by atoms with E-state index in [9.17, 15) is 20.4 Å². The van der Waals surface area contributed by atoms with Crippen LogP contribution in [0, 0.1) is 6.92 Å². The van der Waals surface area contributed by atoms with Gasteiger partial charge in [0.1, 0.15) is 11.5 Å². The van der Waals surface area contributed by atoms with E-state index in [0.717, 1.165) is 5.56 Å². The lowest BCUT2D eigenvalue weighted by atomic mass is 9.85. The van der Waals surface area contributed by atoms with Crippen LogP contribution in [-0.4, -0.2) is 27.0 Å². The third-order valence-corrected chi connectivity index (χ3v) is 3.95. The number of hydrogen-bond donors (Lipinski definition) is 4. The Kier molecular flexibility index (Phi) is 3.14. The SMILES string of the molecule is Cc1c(O)c(O)cc2c1C(O)C(c1ccc(O)cc1)CO2. The van der Waals surface area contributed by atoms with Crippen LogP contribution in [0.25, 0.3) is 0 Å². The second kappa shape index (κ2) is 4.86. The Hall–Kier alpha value is -2.40. The molecule has 0 amide bonds. The number of aliphatic hydroxyl groups excluding tert-OH is 1. The van der Waals surface area contributed by atoms with E-state index in [2.05, 4.69) is 0 Å². The number of rotatable bonds is 1. The van der Waals surface area contributed by atoms with E-state index in [4.69, 9.17) is 4.74 Å². The smallest absolute Gasteiger partial charge is 0.161 e. The van der Waals surface area contributed by atoms with Crippen molar-refractivity contribution >= 4 is 0 Å². The van der Waals surface area contributed by atoms with Gasteiger partial charge in [0.2, 0.25) is 0 Å². The van der Waals surface area contributed by atoms with Crippen LogP contribution in [0.15, 0.2) is 30.3 Å². The first-order valence-corrected chi connectivity index (χ1v) is 6.64. The van der Waals surface area contributed by atoms with Crippen LogP contribution < -0.4 is 4.74 Å². The molecule has 0 fully saturated rings. The second-order valence-corrected chi connectivity index (χ2v) is 5.23. The maximum atomic E-state index is 10.6. The summed E-state index contributed by atoms with van der Waals surface area (Å²) in [5.41, 5.74) is 1.72. The lowest BCUT2D eigenvalue weighted by Gasteiger charge is -2.32. The fourth-order valence-corrected chi connectivity index (χ4v) is 2.73. The second-order valence-electron chi connectivity index (χ2n) is 5.23. The average Bonchev–Trinajstić information content (AvgIpc) is 2.46. The molecular weight excluding hydrogens is 272 g/mol. The van der Waals surface area contributed by atoms with Gasteiger partial charge in [0, 0.05) is 23.1 Å². The molecule has 4 N–H and O–H groups in total. The van der Waals surface area contributed by atoms with Gasteiger partial charge in [-0.05, 0) is 24.6 Å². The third kappa shape index (κ3) is 2.15. The number of phenols is 3. The van der Waals surface area contributed by atoms with E-state index in [1.54, 1.807) is 31.2 Å². The molecule has 2 aromatic carbocycles. The van der Waals surface area contributed by atoms with Crippen LogP contribution in [0.3, 0.4) is 0 Å². The zero-order chi connectivity index (χ0) is 15.1. The Bertz CT molecular complexity index is 678. The number of ether oxygens (including phenoxy) is 1. The number of benzene rings is 2. The highest BCUT2D eigenvalue weighted by Crippen LogP contribution is 2.47. The van der Waals surface area contributed by atoms with Gasteiger partial charge in [0.25, 0.3) is 0 Å². The summed E-state index contributed by atoms with van der Waals surface area (Å²) < 4.78 is 5.61. The van der Waals surface area contributed by atoms with Crippen molar-refractivity contribution in [2.24, 2.45) is 0 Å². The average molecular weight is 288 g/mol. The molecule has 2 atom stereocenters. The van der Waals surface area contributed by atoms with E-state index in [1.807, 2.05) is 0 Å². The molecule has 110 valence electrons. The zero-order valence-electron chi connectivity index (χ0n) is 11.4. The topological polar surface area (TPSA) is 90.2 Å². The van der Waals surface area contributed by atoms with Gasteiger partial charge in [-0.25, -0.2) is 0 Å². The van der Waals surface area contributed by atoms with Gasteiger partial charge in [0.05, 0.1) is 12.7 Å². The molecule has 5 nitrogen and oxygen atoms in total. The Labute approximate surface area is 121 Å².